The largest absolute Gasteiger partial charge is 0.259 e. The Morgan fingerprint density at radius 1 is 1.56 bits per heavy atom. The van der Waals surface area contributed by atoms with E-state index in [0.29, 0.717) is 5.13 Å². The molecule has 0 aromatic carbocycles. The predicted octanol–water partition coefficient (Wildman–Crippen LogP) is 2.03. The molecule has 1 aromatic rings. The maximum Gasteiger partial charge on any atom is 0.231 e. The number of aromatic nitrogens is 1. The Kier molecular flexibility index (Phi) is 3.21. The number of anilines is 1. The van der Waals surface area contributed by atoms with Gasteiger partial charge in [-0.05, 0) is 25.2 Å². The van der Waals surface area contributed by atoms with Gasteiger partial charge in [0.15, 0.2) is 5.13 Å². The molecule has 16 heavy (non-hydrogen) atoms. The number of hydrogen-bond acceptors (Lipinski definition) is 4. The third kappa shape index (κ3) is 2.74. The molecule has 0 bridgehead atoms. The lowest BCUT2D eigenvalue weighted by Gasteiger charge is -2.18. The highest BCUT2D eigenvalue weighted by molar-refractivity contribution is 7.92. The lowest BCUT2D eigenvalue weighted by atomic mass is 9.89. The first-order chi connectivity index (χ1) is 7.48. The molecule has 1 heterocycles. The SMILES string of the molecule is CC[C@@H]1CCc2nc(NS(C)(=O)=O)sc2C1. The number of nitrogens with zero attached hydrogens (tertiary/aromatic N) is 1. The lowest BCUT2D eigenvalue weighted by Crippen LogP contribution is -2.12. The van der Waals surface area contributed by atoms with E-state index in [9.17, 15) is 8.42 Å². The Balaban J connectivity index is 2.18. The smallest absolute Gasteiger partial charge is 0.231 e. The van der Waals surface area contributed by atoms with Crippen LogP contribution in [-0.2, 0) is 22.9 Å². The number of nitrogens with one attached hydrogen (secondary N) is 1. The molecule has 0 radical (unpaired) electrons. The molecule has 0 amide bonds. The van der Waals surface area contributed by atoms with E-state index < -0.39 is 10.0 Å². The summed E-state index contributed by atoms with van der Waals surface area (Å²) in [5.74, 6) is 0.735. The molecule has 0 unspecified atom stereocenters. The van der Waals surface area contributed by atoms with Crippen LogP contribution in [0.2, 0.25) is 0 Å². The highest BCUT2D eigenvalue weighted by atomic mass is 32.2. The van der Waals surface area contributed by atoms with Crippen molar-refractivity contribution in [2.24, 2.45) is 5.92 Å². The summed E-state index contributed by atoms with van der Waals surface area (Å²) in [6.07, 6.45) is 5.55. The van der Waals surface area contributed by atoms with E-state index in [1.165, 1.54) is 29.1 Å². The molecule has 0 aliphatic heterocycles. The first kappa shape index (κ1) is 11.9. The van der Waals surface area contributed by atoms with Crippen LogP contribution in [0.3, 0.4) is 0 Å². The molecular formula is C10H16N2O2S2. The number of fused-ring (bicyclic) bond motifs is 1. The molecule has 0 spiro atoms. The number of rotatable bonds is 3. The third-order valence-corrected chi connectivity index (χ3v) is 4.62. The van der Waals surface area contributed by atoms with E-state index in [0.717, 1.165) is 30.7 Å². The molecule has 1 aromatic heterocycles. The van der Waals surface area contributed by atoms with E-state index in [1.807, 2.05) is 0 Å². The molecule has 4 nitrogen and oxygen atoms in total. The fraction of sp³-hybridized carbons (Fsp3) is 0.700. The van der Waals surface area contributed by atoms with Gasteiger partial charge in [-0.1, -0.05) is 13.3 Å². The highest BCUT2D eigenvalue weighted by Gasteiger charge is 2.22. The average Bonchev–Trinajstić information content (AvgIpc) is 2.55. The van der Waals surface area contributed by atoms with Crippen LogP contribution in [0.4, 0.5) is 5.13 Å². The van der Waals surface area contributed by atoms with Crippen LogP contribution in [-0.4, -0.2) is 19.7 Å². The van der Waals surface area contributed by atoms with Gasteiger partial charge in [-0.15, -0.1) is 11.3 Å². The molecule has 0 saturated heterocycles. The molecule has 90 valence electrons. The maximum absolute atomic E-state index is 11.1. The van der Waals surface area contributed by atoms with E-state index >= 15 is 0 Å². The van der Waals surface area contributed by atoms with Crippen molar-refractivity contribution in [3.8, 4) is 0 Å². The average molecular weight is 260 g/mol. The van der Waals surface area contributed by atoms with Crippen molar-refractivity contribution >= 4 is 26.5 Å². The summed E-state index contributed by atoms with van der Waals surface area (Å²) in [5, 5.41) is 0.518. The summed E-state index contributed by atoms with van der Waals surface area (Å²) in [6.45, 7) is 2.20. The van der Waals surface area contributed by atoms with Gasteiger partial charge < -0.3 is 0 Å². The Morgan fingerprint density at radius 2 is 2.31 bits per heavy atom. The van der Waals surface area contributed by atoms with Gasteiger partial charge in [0.1, 0.15) is 0 Å². The standard InChI is InChI=1S/C10H16N2O2S2/c1-3-7-4-5-8-9(6-7)15-10(11-8)12-16(2,13)14/h7H,3-6H2,1-2H3,(H,11,12)/t7-/m1/s1. The zero-order chi connectivity index (χ0) is 11.8. The lowest BCUT2D eigenvalue weighted by molar-refractivity contribution is 0.446. The van der Waals surface area contributed by atoms with Gasteiger partial charge >= 0.3 is 0 Å². The van der Waals surface area contributed by atoms with E-state index in [-0.39, 0.29) is 0 Å². The second kappa shape index (κ2) is 4.33. The Morgan fingerprint density at radius 3 is 2.94 bits per heavy atom. The summed E-state index contributed by atoms with van der Waals surface area (Å²) < 4.78 is 24.6. The van der Waals surface area contributed by atoms with Gasteiger partial charge in [-0.25, -0.2) is 13.4 Å². The fourth-order valence-corrected chi connectivity index (χ4v) is 3.95. The summed E-state index contributed by atoms with van der Waals surface area (Å²) in [5.41, 5.74) is 1.08. The summed E-state index contributed by atoms with van der Waals surface area (Å²) in [7, 11) is -3.20. The van der Waals surface area contributed by atoms with E-state index in [2.05, 4.69) is 16.6 Å². The van der Waals surface area contributed by atoms with Gasteiger partial charge in [0.05, 0.1) is 11.9 Å². The molecular weight excluding hydrogens is 244 g/mol. The molecule has 1 atom stereocenters. The van der Waals surface area contributed by atoms with E-state index in [1.54, 1.807) is 0 Å². The summed E-state index contributed by atoms with van der Waals surface area (Å²) in [4.78, 5) is 5.59. The molecule has 1 aliphatic carbocycles. The van der Waals surface area contributed by atoms with Gasteiger partial charge in [0, 0.05) is 4.88 Å². The van der Waals surface area contributed by atoms with Crippen LogP contribution >= 0.6 is 11.3 Å². The van der Waals surface area contributed by atoms with Crippen molar-refractivity contribution in [2.75, 3.05) is 11.0 Å². The predicted molar refractivity (Wildman–Crippen MR) is 66.4 cm³/mol. The van der Waals surface area contributed by atoms with Crippen molar-refractivity contribution in [1.29, 1.82) is 0 Å². The van der Waals surface area contributed by atoms with Crippen molar-refractivity contribution < 1.29 is 8.42 Å². The van der Waals surface area contributed by atoms with Crippen molar-refractivity contribution in [3.63, 3.8) is 0 Å². The summed E-state index contributed by atoms with van der Waals surface area (Å²) >= 11 is 1.48. The first-order valence-electron chi connectivity index (χ1n) is 5.44. The molecule has 6 heteroatoms. The Hall–Kier alpha value is -0.620. The Bertz CT molecular complexity index is 479. The van der Waals surface area contributed by atoms with Crippen LogP contribution in [0.5, 0.6) is 0 Å². The van der Waals surface area contributed by atoms with Crippen molar-refractivity contribution in [3.05, 3.63) is 10.6 Å². The van der Waals surface area contributed by atoms with E-state index in [4.69, 9.17) is 0 Å². The van der Waals surface area contributed by atoms with Crippen molar-refractivity contribution in [2.45, 2.75) is 32.6 Å². The minimum Gasteiger partial charge on any atom is -0.259 e. The van der Waals surface area contributed by atoms with Crippen LogP contribution in [0.25, 0.3) is 0 Å². The van der Waals surface area contributed by atoms with Gasteiger partial charge in [0.25, 0.3) is 0 Å². The highest BCUT2D eigenvalue weighted by Crippen LogP contribution is 2.33. The third-order valence-electron chi connectivity index (χ3n) is 2.89. The first-order valence-corrected chi connectivity index (χ1v) is 8.15. The van der Waals surface area contributed by atoms with Crippen molar-refractivity contribution in [1.82, 2.24) is 4.98 Å². The van der Waals surface area contributed by atoms with Crippen LogP contribution < -0.4 is 4.72 Å². The number of aryl methyl sites for hydroxylation is 1. The van der Waals surface area contributed by atoms with Gasteiger partial charge in [-0.3, -0.25) is 4.72 Å². The second-order valence-corrected chi connectivity index (χ2v) is 7.11. The monoisotopic (exact) mass is 260 g/mol. The zero-order valence-corrected chi connectivity index (χ0v) is 11.1. The summed E-state index contributed by atoms with van der Waals surface area (Å²) in [6, 6.07) is 0. The normalized spacial score (nSPS) is 20.5. The number of thiazole rings is 1. The second-order valence-electron chi connectivity index (χ2n) is 4.28. The molecule has 1 aliphatic rings. The van der Waals surface area contributed by atoms with Crippen LogP contribution in [0, 0.1) is 5.92 Å². The quantitative estimate of drug-likeness (QED) is 0.904. The zero-order valence-electron chi connectivity index (χ0n) is 9.49. The molecule has 0 saturated carbocycles. The molecule has 1 N–H and O–H groups in total. The van der Waals surface area contributed by atoms with Gasteiger partial charge in [-0.2, -0.15) is 0 Å². The molecule has 2 rings (SSSR count). The Labute approximate surface area is 100 Å². The number of sulfonamides is 1. The maximum atomic E-state index is 11.1. The van der Waals surface area contributed by atoms with Gasteiger partial charge in [0.2, 0.25) is 10.0 Å². The van der Waals surface area contributed by atoms with Crippen LogP contribution in [0.15, 0.2) is 0 Å². The fourth-order valence-electron chi connectivity index (χ4n) is 1.99. The topological polar surface area (TPSA) is 59.1 Å². The minimum absolute atomic E-state index is 0.518. The van der Waals surface area contributed by atoms with Crippen LogP contribution in [0.1, 0.15) is 30.3 Å². The number of hydrogen-bond donors (Lipinski definition) is 1. The minimum atomic E-state index is -3.20. The molecule has 0 fully saturated rings.